The van der Waals surface area contributed by atoms with Crippen molar-refractivity contribution in [2.75, 3.05) is 25.6 Å². The molecule has 1 rings (SSSR count). The van der Waals surface area contributed by atoms with Crippen molar-refractivity contribution in [2.24, 2.45) is 5.92 Å². The van der Waals surface area contributed by atoms with Gasteiger partial charge in [-0.05, 0) is 36.6 Å². The minimum atomic E-state index is -0.144. The van der Waals surface area contributed by atoms with Gasteiger partial charge in [-0.3, -0.25) is 4.79 Å². The van der Waals surface area contributed by atoms with Gasteiger partial charge in [0.05, 0.1) is 0 Å². The molecule has 2 atom stereocenters. The molecule has 4 nitrogen and oxygen atoms in total. The third-order valence-corrected chi connectivity index (χ3v) is 3.35. The molecule has 2 N–H and O–H groups in total. The summed E-state index contributed by atoms with van der Waals surface area (Å²) in [5.74, 6) is -0.0961. The smallest absolute Gasteiger partial charge is 0.244 e. The number of carbonyl (C=O) groups excluding carboxylic acids is 1. The lowest BCUT2D eigenvalue weighted by molar-refractivity contribution is -0.117. The van der Waals surface area contributed by atoms with Gasteiger partial charge in [0.25, 0.3) is 0 Å². The summed E-state index contributed by atoms with van der Waals surface area (Å²) in [6, 6.07) is 7.91. The lowest BCUT2D eigenvalue weighted by Crippen LogP contribution is -2.37. The number of nitrogens with one attached hydrogen (secondary N) is 1. The van der Waals surface area contributed by atoms with Crippen molar-refractivity contribution in [3.8, 4) is 0 Å². The summed E-state index contributed by atoms with van der Waals surface area (Å²) >= 11 is 0. The average molecular weight is 276 g/mol. The van der Waals surface area contributed by atoms with Crippen LogP contribution in [-0.2, 0) is 4.79 Å². The molecule has 0 spiro atoms. The molecule has 1 amide bonds. The third-order valence-electron chi connectivity index (χ3n) is 3.35. The van der Waals surface area contributed by atoms with Gasteiger partial charge < -0.3 is 15.3 Å². The Morgan fingerprint density at radius 3 is 2.40 bits per heavy atom. The molecular weight excluding hydrogens is 252 g/mol. The monoisotopic (exact) mass is 276 g/mol. The van der Waals surface area contributed by atoms with Gasteiger partial charge in [-0.1, -0.05) is 19.1 Å². The Balaban J connectivity index is 2.57. The Kier molecular flexibility index (Phi) is 6.25. The molecule has 0 fully saturated rings. The highest BCUT2D eigenvalue weighted by Gasteiger charge is 2.11. The van der Waals surface area contributed by atoms with E-state index in [1.165, 1.54) is 6.08 Å². The van der Waals surface area contributed by atoms with Gasteiger partial charge in [-0.15, -0.1) is 0 Å². The van der Waals surface area contributed by atoms with Crippen LogP contribution in [0.5, 0.6) is 0 Å². The second-order valence-corrected chi connectivity index (χ2v) is 5.28. The number of amides is 1. The van der Waals surface area contributed by atoms with Crippen molar-refractivity contribution < 1.29 is 9.90 Å². The van der Waals surface area contributed by atoms with Gasteiger partial charge in [-0.2, -0.15) is 0 Å². The number of rotatable bonds is 6. The lowest BCUT2D eigenvalue weighted by atomic mass is 10.1. The molecule has 0 saturated carbocycles. The normalized spacial score (nSPS) is 14.1. The summed E-state index contributed by atoms with van der Waals surface area (Å²) in [6.45, 7) is 3.85. The summed E-state index contributed by atoms with van der Waals surface area (Å²) in [5, 5.41) is 11.9. The van der Waals surface area contributed by atoms with Crippen LogP contribution in [0.4, 0.5) is 5.69 Å². The molecule has 0 bridgehead atoms. The summed E-state index contributed by atoms with van der Waals surface area (Å²) in [7, 11) is 3.98. The molecule has 0 radical (unpaired) electrons. The molecule has 0 saturated heterocycles. The first-order valence-corrected chi connectivity index (χ1v) is 6.81. The lowest BCUT2D eigenvalue weighted by Gasteiger charge is -2.18. The summed E-state index contributed by atoms with van der Waals surface area (Å²) in [6.07, 6.45) is 3.30. The summed E-state index contributed by atoms with van der Waals surface area (Å²) in [4.78, 5) is 13.8. The minimum absolute atomic E-state index is 0.0479. The van der Waals surface area contributed by atoms with E-state index in [2.05, 4.69) is 5.32 Å². The first-order valence-electron chi connectivity index (χ1n) is 6.81. The second-order valence-electron chi connectivity index (χ2n) is 5.28. The SMILES string of the molecule is CC(CO)C(C)NC(=O)/C=C/c1ccc(N(C)C)cc1. The molecule has 0 heterocycles. The Morgan fingerprint density at radius 2 is 1.90 bits per heavy atom. The maximum absolute atomic E-state index is 11.7. The zero-order valence-corrected chi connectivity index (χ0v) is 12.6. The maximum Gasteiger partial charge on any atom is 0.244 e. The van der Waals surface area contributed by atoms with Crippen molar-refractivity contribution in [3.63, 3.8) is 0 Å². The zero-order chi connectivity index (χ0) is 15.1. The van der Waals surface area contributed by atoms with Crippen molar-refractivity contribution in [3.05, 3.63) is 35.9 Å². The van der Waals surface area contributed by atoms with E-state index >= 15 is 0 Å². The molecule has 4 heteroatoms. The van der Waals surface area contributed by atoms with E-state index < -0.39 is 0 Å². The minimum Gasteiger partial charge on any atom is -0.396 e. The van der Waals surface area contributed by atoms with Crippen LogP contribution in [-0.4, -0.2) is 37.8 Å². The first-order chi connectivity index (χ1) is 9.43. The number of nitrogens with zero attached hydrogens (tertiary/aromatic N) is 1. The van der Waals surface area contributed by atoms with E-state index in [0.29, 0.717) is 0 Å². The number of aliphatic hydroxyl groups is 1. The quantitative estimate of drug-likeness (QED) is 0.780. The molecule has 0 aromatic heterocycles. The van der Waals surface area contributed by atoms with Gasteiger partial charge in [0.1, 0.15) is 0 Å². The van der Waals surface area contributed by atoms with E-state index in [4.69, 9.17) is 5.11 Å². The maximum atomic E-state index is 11.7. The number of anilines is 1. The molecule has 1 aromatic carbocycles. The Bertz CT molecular complexity index is 452. The Labute approximate surface area is 121 Å². The highest BCUT2D eigenvalue weighted by Crippen LogP contribution is 2.13. The van der Waals surface area contributed by atoms with Crippen LogP contribution in [0.1, 0.15) is 19.4 Å². The standard InChI is InChI=1S/C16H24N2O2/c1-12(11-19)13(2)17-16(20)10-7-14-5-8-15(9-6-14)18(3)4/h5-10,12-13,19H,11H2,1-4H3,(H,17,20)/b10-7+. The van der Waals surface area contributed by atoms with Gasteiger partial charge in [0.15, 0.2) is 0 Å². The number of hydrogen-bond donors (Lipinski definition) is 2. The van der Waals surface area contributed by atoms with Crippen LogP contribution in [0.15, 0.2) is 30.3 Å². The van der Waals surface area contributed by atoms with Gasteiger partial charge in [0.2, 0.25) is 5.91 Å². The van der Waals surface area contributed by atoms with Crippen molar-refractivity contribution >= 4 is 17.7 Å². The number of benzene rings is 1. The van der Waals surface area contributed by atoms with E-state index in [1.54, 1.807) is 6.08 Å². The highest BCUT2D eigenvalue weighted by molar-refractivity contribution is 5.91. The van der Waals surface area contributed by atoms with Gasteiger partial charge >= 0.3 is 0 Å². The van der Waals surface area contributed by atoms with E-state index in [9.17, 15) is 4.79 Å². The average Bonchev–Trinajstić information content (AvgIpc) is 2.44. The summed E-state index contributed by atoms with van der Waals surface area (Å²) in [5.41, 5.74) is 2.10. The number of hydrogen-bond acceptors (Lipinski definition) is 3. The van der Waals surface area contributed by atoms with Crippen LogP contribution in [0.3, 0.4) is 0 Å². The van der Waals surface area contributed by atoms with Crippen molar-refractivity contribution in [1.29, 1.82) is 0 Å². The predicted octanol–water partition coefficient (Wildman–Crippen LogP) is 1.90. The molecule has 0 aliphatic rings. The topological polar surface area (TPSA) is 52.6 Å². The third kappa shape index (κ3) is 5.05. The number of carbonyl (C=O) groups is 1. The first kappa shape index (κ1) is 16.2. The summed E-state index contributed by atoms with van der Waals surface area (Å²) < 4.78 is 0. The Hall–Kier alpha value is -1.81. The molecule has 0 aliphatic carbocycles. The van der Waals surface area contributed by atoms with Crippen LogP contribution in [0.2, 0.25) is 0 Å². The molecule has 2 unspecified atom stereocenters. The fourth-order valence-electron chi connectivity index (χ4n) is 1.63. The van der Waals surface area contributed by atoms with E-state index in [1.807, 2.05) is 57.1 Å². The van der Waals surface area contributed by atoms with Crippen molar-refractivity contribution in [1.82, 2.24) is 5.32 Å². The van der Waals surface area contributed by atoms with Crippen LogP contribution >= 0.6 is 0 Å². The zero-order valence-electron chi connectivity index (χ0n) is 12.6. The molecule has 0 aliphatic heterocycles. The van der Waals surface area contributed by atoms with E-state index in [-0.39, 0.29) is 24.5 Å². The fraction of sp³-hybridized carbons (Fsp3) is 0.438. The highest BCUT2D eigenvalue weighted by atomic mass is 16.3. The predicted molar refractivity (Wildman–Crippen MR) is 83.7 cm³/mol. The molecule has 20 heavy (non-hydrogen) atoms. The van der Waals surface area contributed by atoms with Crippen molar-refractivity contribution in [2.45, 2.75) is 19.9 Å². The molecular formula is C16H24N2O2. The number of aliphatic hydroxyl groups excluding tert-OH is 1. The largest absolute Gasteiger partial charge is 0.396 e. The van der Waals surface area contributed by atoms with Crippen LogP contribution in [0.25, 0.3) is 6.08 Å². The second kappa shape index (κ2) is 7.70. The fourth-order valence-corrected chi connectivity index (χ4v) is 1.63. The van der Waals surface area contributed by atoms with Gasteiger partial charge in [-0.25, -0.2) is 0 Å². The Morgan fingerprint density at radius 1 is 1.30 bits per heavy atom. The van der Waals surface area contributed by atoms with E-state index in [0.717, 1.165) is 11.3 Å². The molecule has 1 aromatic rings. The van der Waals surface area contributed by atoms with Crippen LogP contribution in [0, 0.1) is 5.92 Å². The van der Waals surface area contributed by atoms with Crippen LogP contribution < -0.4 is 10.2 Å². The molecule has 110 valence electrons. The van der Waals surface area contributed by atoms with Gasteiger partial charge in [0, 0.05) is 38.5 Å².